The summed E-state index contributed by atoms with van der Waals surface area (Å²) in [5.41, 5.74) is 2.29. The highest BCUT2D eigenvalue weighted by Gasteiger charge is 2.32. The molecule has 6 heteroatoms. The Balaban J connectivity index is 1.31. The van der Waals surface area contributed by atoms with Crippen molar-refractivity contribution in [1.82, 2.24) is 19.9 Å². The average molecular weight is 354 g/mol. The van der Waals surface area contributed by atoms with Crippen LogP contribution in [0.25, 0.3) is 0 Å². The van der Waals surface area contributed by atoms with Crippen molar-refractivity contribution >= 4 is 5.91 Å². The molecule has 6 nitrogen and oxygen atoms in total. The van der Waals surface area contributed by atoms with Gasteiger partial charge in [-0.2, -0.15) is 4.98 Å². The van der Waals surface area contributed by atoms with Crippen LogP contribution in [-0.4, -0.2) is 52.0 Å². The van der Waals surface area contributed by atoms with Gasteiger partial charge in [0.25, 0.3) is 0 Å². The zero-order valence-electron chi connectivity index (χ0n) is 15.5. The Labute approximate surface area is 154 Å². The fraction of sp³-hybridized carbons (Fsp3) is 0.550. The monoisotopic (exact) mass is 354 g/mol. The molecule has 2 aliphatic rings. The summed E-state index contributed by atoms with van der Waals surface area (Å²) in [6, 6.07) is 8.20. The highest BCUT2D eigenvalue weighted by molar-refractivity contribution is 5.79. The van der Waals surface area contributed by atoms with Gasteiger partial charge < -0.3 is 9.42 Å². The van der Waals surface area contributed by atoms with Crippen molar-refractivity contribution in [3.8, 4) is 0 Å². The van der Waals surface area contributed by atoms with E-state index in [2.05, 4.69) is 35.0 Å². The summed E-state index contributed by atoms with van der Waals surface area (Å²) >= 11 is 0. The predicted octanol–water partition coefficient (Wildman–Crippen LogP) is 2.70. The maximum atomic E-state index is 12.6. The van der Waals surface area contributed by atoms with E-state index in [0.29, 0.717) is 18.2 Å². The van der Waals surface area contributed by atoms with Crippen molar-refractivity contribution in [2.75, 3.05) is 26.2 Å². The molecule has 1 aromatic carbocycles. The number of rotatable bonds is 5. The standard InChI is InChI=1S/C20H26N4O2/c1-14-5-3-4-6-17(14)13-18(25)24-11-9-23(10-12-24)15(2)20-21-19(22-26-20)16-7-8-16/h3-6,15-16H,7-13H2,1-2H3. The molecule has 1 atom stereocenters. The van der Waals surface area contributed by atoms with Crippen molar-refractivity contribution in [2.24, 2.45) is 0 Å². The van der Waals surface area contributed by atoms with E-state index in [0.717, 1.165) is 37.6 Å². The van der Waals surface area contributed by atoms with Crippen LogP contribution in [0.4, 0.5) is 0 Å². The maximum absolute atomic E-state index is 12.6. The number of carbonyl (C=O) groups is 1. The fourth-order valence-electron chi connectivity index (χ4n) is 3.52. The molecule has 0 spiro atoms. The molecule has 1 unspecified atom stereocenters. The molecule has 2 heterocycles. The molecule has 2 fully saturated rings. The number of aromatic nitrogens is 2. The normalized spacial score (nSPS) is 19.5. The molecule has 4 rings (SSSR count). The van der Waals surface area contributed by atoms with Gasteiger partial charge in [-0.05, 0) is 37.8 Å². The lowest BCUT2D eigenvalue weighted by atomic mass is 10.1. The molecule has 1 aromatic heterocycles. The number of carbonyl (C=O) groups excluding carboxylic acids is 1. The molecular formula is C20H26N4O2. The first-order valence-electron chi connectivity index (χ1n) is 9.51. The van der Waals surface area contributed by atoms with Gasteiger partial charge in [0, 0.05) is 32.1 Å². The van der Waals surface area contributed by atoms with Gasteiger partial charge in [-0.1, -0.05) is 29.4 Å². The van der Waals surface area contributed by atoms with E-state index in [1.165, 1.54) is 18.4 Å². The first kappa shape index (κ1) is 17.2. The molecule has 0 N–H and O–H groups in total. The Morgan fingerprint density at radius 1 is 1.23 bits per heavy atom. The van der Waals surface area contributed by atoms with Crippen molar-refractivity contribution < 1.29 is 9.32 Å². The quantitative estimate of drug-likeness (QED) is 0.826. The van der Waals surface area contributed by atoms with E-state index >= 15 is 0 Å². The molecule has 0 radical (unpaired) electrons. The van der Waals surface area contributed by atoms with Gasteiger partial charge in [0.15, 0.2) is 5.82 Å². The zero-order valence-corrected chi connectivity index (χ0v) is 15.5. The molecule has 1 amide bonds. The number of aryl methyl sites for hydroxylation is 1. The second-order valence-electron chi connectivity index (χ2n) is 7.46. The van der Waals surface area contributed by atoms with Gasteiger partial charge in [0.2, 0.25) is 11.8 Å². The van der Waals surface area contributed by atoms with Crippen molar-refractivity contribution in [1.29, 1.82) is 0 Å². The molecule has 2 aromatic rings. The number of piperazine rings is 1. The van der Waals surface area contributed by atoms with E-state index in [1.54, 1.807) is 0 Å². The number of hydrogen-bond acceptors (Lipinski definition) is 5. The van der Waals surface area contributed by atoms with Gasteiger partial charge in [0.1, 0.15) is 0 Å². The third-order valence-electron chi connectivity index (χ3n) is 5.57. The summed E-state index contributed by atoms with van der Waals surface area (Å²) in [5, 5.41) is 4.12. The molecule has 1 aliphatic heterocycles. The lowest BCUT2D eigenvalue weighted by molar-refractivity contribution is -0.132. The minimum atomic E-state index is 0.101. The smallest absolute Gasteiger partial charge is 0.243 e. The maximum Gasteiger partial charge on any atom is 0.243 e. The largest absolute Gasteiger partial charge is 0.340 e. The number of nitrogens with zero attached hydrogens (tertiary/aromatic N) is 4. The van der Waals surface area contributed by atoms with Crippen molar-refractivity contribution in [3.05, 3.63) is 47.1 Å². The van der Waals surface area contributed by atoms with Crippen LogP contribution in [0.15, 0.2) is 28.8 Å². The first-order valence-corrected chi connectivity index (χ1v) is 9.51. The van der Waals surface area contributed by atoms with E-state index in [4.69, 9.17) is 4.52 Å². The summed E-state index contributed by atoms with van der Waals surface area (Å²) in [4.78, 5) is 21.5. The van der Waals surface area contributed by atoms with Gasteiger partial charge >= 0.3 is 0 Å². The minimum Gasteiger partial charge on any atom is -0.340 e. The minimum absolute atomic E-state index is 0.101. The van der Waals surface area contributed by atoms with Crippen LogP contribution >= 0.6 is 0 Å². The Kier molecular flexibility index (Phi) is 4.76. The summed E-state index contributed by atoms with van der Waals surface area (Å²) in [6.45, 7) is 7.33. The lowest BCUT2D eigenvalue weighted by Gasteiger charge is -2.37. The number of benzene rings is 1. The van der Waals surface area contributed by atoms with Crippen molar-refractivity contribution in [2.45, 2.75) is 45.1 Å². The molecule has 1 saturated heterocycles. The number of hydrogen-bond donors (Lipinski definition) is 0. The summed E-state index contributed by atoms with van der Waals surface area (Å²) in [7, 11) is 0. The summed E-state index contributed by atoms with van der Waals surface area (Å²) in [5.74, 6) is 2.28. The molecule has 26 heavy (non-hydrogen) atoms. The lowest BCUT2D eigenvalue weighted by Crippen LogP contribution is -2.49. The van der Waals surface area contributed by atoms with Crippen LogP contribution in [0.2, 0.25) is 0 Å². The zero-order chi connectivity index (χ0) is 18.1. The Hall–Kier alpha value is -2.21. The van der Waals surface area contributed by atoms with Gasteiger partial charge in [-0.15, -0.1) is 0 Å². The molecular weight excluding hydrogens is 328 g/mol. The predicted molar refractivity (Wildman–Crippen MR) is 97.7 cm³/mol. The average Bonchev–Trinajstić information content (AvgIpc) is 3.40. The van der Waals surface area contributed by atoms with E-state index < -0.39 is 0 Å². The molecule has 0 bridgehead atoms. The van der Waals surface area contributed by atoms with Crippen LogP contribution in [-0.2, 0) is 11.2 Å². The van der Waals surface area contributed by atoms with Crippen LogP contribution in [0.3, 0.4) is 0 Å². The molecule has 1 saturated carbocycles. The summed E-state index contributed by atoms with van der Waals surface area (Å²) < 4.78 is 5.46. The second-order valence-corrected chi connectivity index (χ2v) is 7.46. The van der Waals surface area contributed by atoms with E-state index in [1.807, 2.05) is 23.1 Å². The van der Waals surface area contributed by atoms with Crippen LogP contribution < -0.4 is 0 Å². The first-order chi connectivity index (χ1) is 12.6. The molecule has 138 valence electrons. The van der Waals surface area contributed by atoms with Gasteiger partial charge in [-0.3, -0.25) is 9.69 Å². The van der Waals surface area contributed by atoms with Gasteiger partial charge in [0.05, 0.1) is 12.5 Å². The van der Waals surface area contributed by atoms with Gasteiger partial charge in [-0.25, -0.2) is 0 Å². The SMILES string of the molecule is Cc1ccccc1CC(=O)N1CCN(C(C)c2nc(C3CC3)no2)CC1. The number of amides is 1. The van der Waals surface area contributed by atoms with Crippen molar-refractivity contribution in [3.63, 3.8) is 0 Å². The Morgan fingerprint density at radius 3 is 2.65 bits per heavy atom. The highest BCUT2D eigenvalue weighted by atomic mass is 16.5. The van der Waals surface area contributed by atoms with Crippen LogP contribution in [0.1, 0.15) is 54.6 Å². The third kappa shape index (κ3) is 3.65. The highest BCUT2D eigenvalue weighted by Crippen LogP contribution is 2.38. The topological polar surface area (TPSA) is 62.5 Å². The van der Waals surface area contributed by atoms with E-state index in [-0.39, 0.29) is 11.9 Å². The third-order valence-corrected chi connectivity index (χ3v) is 5.57. The Bertz CT molecular complexity index is 776. The van der Waals surface area contributed by atoms with Crippen LogP contribution in [0.5, 0.6) is 0 Å². The molecule has 1 aliphatic carbocycles. The van der Waals surface area contributed by atoms with E-state index in [9.17, 15) is 4.79 Å². The fourth-order valence-corrected chi connectivity index (χ4v) is 3.52. The second kappa shape index (κ2) is 7.19. The van der Waals surface area contributed by atoms with Crippen LogP contribution in [0, 0.1) is 6.92 Å². The summed E-state index contributed by atoms with van der Waals surface area (Å²) in [6.07, 6.45) is 2.83. The Morgan fingerprint density at radius 2 is 1.96 bits per heavy atom.